The molecule has 10 heavy (non-hydrogen) atoms. The Bertz CT molecular complexity index is 126. The fourth-order valence-corrected chi connectivity index (χ4v) is 0.488. The molecule has 1 amide bonds. The summed E-state index contributed by atoms with van der Waals surface area (Å²) in [6.07, 6.45) is 1.93. The van der Waals surface area contributed by atoms with E-state index in [9.17, 15) is 9.70 Å². The zero-order chi connectivity index (χ0) is 7.98. The second-order valence-corrected chi connectivity index (χ2v) is 1.92. The third-order valence-corrected chi connectivity index (χ3v) is 1.09. The Morgan fingerprint density at radius 2 is 2.30 bits per heavy atom. The number of amides is 1. The molecule has 0 fully saturated rings. The molecule has 5 heteroatoms. The summed E-state index contributed by atoms with van der Waals surface area (Å²) >= 11 is 0. The van der Waals surface area contributed by atoms with Crippen LogP contribution in [-0.2, 0) is 4.79 Å². The van der Waals surface area contributed by atoms with Gasteiger partial charge in [0.15, 0.2) is 0 Å². The monoisotopic (exact) mass is 145 g/mol. The van der Waals surface area contributed by atoms with Crippen LogP contribution in [0.2, 0.25) is 0 Å². The van der Waals surface area contributed by atoms with Crippen LogP contribution in [0.25, 0.3) is 0 Å². The van der Waals surface area contributed by atoms with E-state index < -0.39 is 5.91 Å². The number of hydrogen-bond donors (Lipinski definition) is 1. The normalized spacial score (nSPS) is 9.00. The van der Waals surface area contributed by atoms with Gasteiger partial charge >= 0.3 is 0 Å². The van der Waals surface area contributed by atoms with Crippen molar-refractivity contribution in [2.45, 2.75) is 26.2 Å². The molecule has 0 unspecified atom stereocenters. The van der Waals surface area contributed by atoms with Gasteiger partial charge in [-0.25, -0.2) is 5.84 Å². The summed E-state index contributed by atoms with van der Waals surface area (Å²) in [7, 11) is 0. The minimum atomic E-state index is -0.433. The smallest absolute Gasteiger partial charge is 0.260 e. The molecule has 0 saturated carbocycles. The summed E-state index contributed by atoms with van der Waals surface area (Å²) in [5, 5.41) is 2.58. The number of hydrazine groups is 1. The van der Waals surface area contributed by atoms with Crippen molar-refractivity contribution in [3.05, 3.63) is 4.91 Å². The summed E-state index contributed by atoms with van der Waals surface area (Å²) in [6, 6.07) is 0. The molecule has 0 aliphatic carbocycles. The number of carbonyl (C=O) groups is 1. The first kappa shape index (κ1) is 9.03. The lowest BCUT2D eigenvalue weighted by Gasteiger charge is -2.03. The molecule has 0 aromatic rings. The van der Waals surface area contributed by atoms with Gasteiger partial charge in [-0.1, -0.05) is 13.3 Å². The number of carbonyl (C=O) groups excluding carboxylic acids is 1. The number of rotatable bonds is 4. The quantitative estimate of drug-likeness (QED) is 0.272. The van der Waals surface area contributed by atoms with Crippen molar-refractivity contribution >= 4 is 5.91 Å². The van der Waals surface area contributed by atoms with Crippen molar-refractivity contribution in [1.82, 2.24) is 5.12 Å². The highest BCUT2D eigenvalue weighted by Crippen LogP contribution is 1.96. The molecule has 0 heterocycles. The van der Waals surface area contributed by atoms with Crippen LogP contribution in [0.3, 0.4) is 0 Å². The van der Waals surface area contributed by atoms with Crippen LogP contribution >= 0.6 is 0 Å². The minimum absolute atomic E-state index is 0.290. The van der Waals surface area contributed by atoms with Gasteiger partial charge < -0.3 is 0 Å². The lowest BCUT2D eigenvalue weighted by atomic mass is 10.2. The molecule has 0 bridgehead atoms. The van der Waals surface area contributed by atoms with Gasteiger partial charge in [0.1, 0.15) is 0 Å². The Morgan fingerprint density at radius 3 is 2.70 bits per heavy atom. The predicted molar refractivity (Wildman–Crippen MR) is 36.4 cm³/mol. The Balaban J connectivity index is 3.51. The first-order chi connectivity index (χ1) is 4.72. The fraction of sp³-hybridized carbons (Fsp3) is 0.800. The van der Waals surface area contributed by atoms with Crippen LogP contribution in [0.5, 0.6) is 0 Å². The van der Waals surface area contributed by atoms with Crippen molar-refractivity contribution in [3.8, 4) is 0 Å². The molecule has 0 rings (SSSR count). The van der Waals surface area contributed by atoms with Crippen LogP contribution in [0.4, 0.5) is 0 Å². The van der Waals surface area contributed by atoms with Gasteiger partial charge in [0.05, 0.1) is 5.29 Å². The molecule has 0 aliphatic rings. The van der Waals surface area contributed by atoms with Crippen LogP contribution < -0.4 is 5.84 Å². The highest BCUT2D eigenvalue weighted by molar-refractivity contribution is 5.74. The number of unbranched alkanes of at least 4 members (excludes halogenated alkanes) is 1. The standard InChI is InChI=1S/C5H11N3O2/c1-2-3-4-5(9)8(6)7-10/h2-4,6H2,1H3. The molecular weight excluding hydrogens is 134 g/mol. The van der Waals surface area contributed by atoms with E-state index in [0.29, 0.717) is 11.5 Å². The first-order valence-corrected chi connectivity index (χ1v) is 3.13. The molecule has 0 radical (unpaired) electrons. The maximum atomic E-state index is 10.6. The van der Waals surface area contributed by atoms with E-state index >= 15 is 0 Å². The van der Waals surface area contributed by atoms with Crippen molar-refractivity contribution in [2.24, 2.45) is 11.1 Å². The summed E-state index contributed by atoms with van der Waals surface area (Å²) in [5.41, 5.74) is 0. The number of nitrogens with zero attached hydrogens (tertiary/aromatic N) is 2. The second-order valence-electron chi connectivity index (χ2n) is 1.92. The SMILES string of the molecule is CCCCC(=O)N(N)N=O. The zero-order valence-electron chi connectivity index (χ0n) is 5.91. The van der Waals surface area contributed by atoms with Gasteiger partial charge in [-0.3, -0.25) is 4.79 Å². The van der Waals surface area contributed by atoms with Gasteiger partial charge in [-0.2, -0.15) is 0 Å². The third-order valence-electron chi connectivity index (χ3n) is 1.09. The molecule has 0 saturated heterocycles. The van der Waals surface area contributed by atoms with E-state index in [4.69, 9.17) is 5.84 Å². The average Bonchev–Trinajstić information content (AvgIpc) is 1.98. The van der Waals surface area contributed by atoms with Gasteiger partial charge in [-0.05, 0) is 6.42 Å². The molecule has 5 nitrogen and oxygen atoms in total. The molecule has 0 aliphatic heterocycles. The molecule has 0 spiro atoms. The van der Waals surface area contributed by atoms with Gasteiger partial charge in [0.25, 0.3) is 5.91 Å². The Kier molecular flexibility index (Phi) is 4.39. The molecular formula is C5H11N3O2. The summed E-state index contributed by atoms with van der Waals surface area (Å²) in [6.45, 7) is 1.95. The Labute approximate surface area is 59.1 Å². The van der Waals surface area contributed by atoms with Crippen LogP contribution in [-0.4, -0.2) is 11.0 Å². The van der Waals surface area contributed by atoms with Crippen molar-refractivity contribution in [1.29, 1.82) is 0 Å². The average molecular weight is 145 g/mol. The molecule has 0 aromatic heterocycles. The summed E-state index contributed by atoms with van der Waals surface area (Å²) < 4.78 is 0. The van der Waals surface area contributed by atoms with Crippen LogP contribution in [0.15, 0.2) is 5.29 Å². The largest absolute Gasteiger partial charge is 0.271 e. The van der Waals surface area contributed by atoms with Crippen molar-refractivity contribution in [2.75, 3.05) is 0 Å². The maximum Gasteiger partial charge on any atom is 0.260 e. The predicted octanol–water partition coefficient (Wildman–Crippen LogP) is 0.560. The molecule has 2 N–H and O–H groups in total. The van der Waals surface area contributed by atoms with Crippen molar-refractivity contribution in [3.63, 3.8) is 0 Å². The first-order valence-electron chi connectivity index (χ1n) is 3.13. The highest BCUT2D eigenvalue weighted by atomic mass is 16.3. The van der Waals surface area contributed by atoms with Gasteiger partial charge in [0.2, 0.25) is 0 Å². The zero-order valence-corrected chi connectivity index (χ0v) is 5.91. The fourth-order valence-electron chi connectivity index (χ4n) is 0.488. The molecule has 0 aromatic carbocycles. The van der Waals surface area contributed by atoms with E-state index in [-0.39, 0.29) is 0 Å². The number of hydrogen-bond acceptors (Lipinski definition) is 4. The van der Waals surface area contributed by atoms with Crippen molar-refractivity contribution < 1.29 is 4.79 Å². The summed E-state index contributed by atoms with van der Waals surface area (Å²) in [4.78, 5) is 20.3. The minimum Gasteiger partial charge on any atom is -0.271 e. The van der Waals surface area contributed by atoms with Crippen LogP contribution in [0, 0.1) is 4.91 Å². The maximum absolute atomic E-state index is 10.6. The lowest BCUT2D eigenvalue weighted by Crippen LogP contribution is -2.31. The van der Waals surface area contributed by atoms with E-state index in [2.05, 4.69) is 5.29 Å². The van der Waals surface area contributed by atoms with Crippen LogP contribution in [0.1, 0.15) is 26.2 Å². The number of nitroso groups, excluding NO2 is 1. The number of nitrogens with two attached hydrogens (primary N) is 1. The van der Waals surface area contributed by atoms with Gasteiger partial charge in [-0.15, -0.1) is 10.0 Å². The lowest BCUT2D eigenvalue weighted by molar-refractivity contribution is -0.131. The topological polar surface area (TPSA) is 75.8 Å². The van der Waals surface area contributed by atoms with E-state index in [1.54, 1.807) is 0 Å². The second kappa shape index (κ2) is 4.87. The molecule has 58 valence electrons. The highest BCUT2D eigenvalue weighted by Gasteiger charge is 2.06. The molecule has 0 atom stereocenters. The van der Waals surface area contributed by atoms with E-state index in [1.807, 2.05) is 6.92 Å². The Morgan fingerprint density at radius 1 is 1.70 bits per heavy atom. The van der Waals surface area contributed by atoms with E-state index in [0.717, 1.165) is 12.8 Å². The Hall–Kier alpha value is -0.970. The van der Waals surface area contributed by atoms with Gasteiger partial charge in [0, 0.05) is 6.42 Å². The third kappa shape index (κ3) is 3.13. The van der Waals surface area contributed by atoms with E-state index in [1.165, 1.54) is 0 Å². The summed E-state index contributed by atoms with van der Waals surface area (Å²) in [5.74, 6) is 4.43.